The van der Waals surface area contributed by atoms with Crippen molar-refractivity contribution in [2.45, 2.75) is 26.2 Å². The minimum atomic E-state index is -0.0113. The molecule has 2 aromatic rings. The van der Waals surface area contributed by atoms with Gasteiger partial charge >= 0.3 is 0 Å². The van der Waals surface area contributed by atoms with E-state index in [4.69, 9.17) is 4.74 Å². The fourth-order valence-corrected chi connectivity index (χ4v) is 2.76. The number of aromatic nitrogens is 2. The van der Waals surface area contributed by atoms with E-state index in [1.54, 1.807) is 7.11 Å². The highest BCUT2D eigenvalue weighted by atomic mass is 16.5. The standard InChI is InChI=1S/C16H18N2O2/c1-10-7-8-11-13(9-10)17-15(18-16(11)19)12-5-3-4-6-14(12)20-2/h3-6,10H,7-9H2,1-2H3,(H,17,18,19). The zero-order valence-corrected chi connectivity index (χ0v) is 11.8. The maximum atomic E-state index is 12.2. The molecule has 0 radical (unpaired) electrons. The summed E-state index contributed by atoms with van der Waals surface area (Å²) in [6.45, 7) is 2.20. The van der Waals surface area contributed by atoms with E-state index < -0.39 is 0 Å². The fraction of sp³-hybridized carbons (Fsp3) is 0.375. The molecule has 104 valence electrons. The molecule has 1 atom stereocenters. The Morgan fingerprint density at radius 3 is 2.95 bits per heavy atom. The molecule has 1 aromatic carbocycles. The van der Waals surface area contributed by atoms with E-state index >= 15 is 0 Å². The molecule has 20 heavy (non-hydrogen) atoms. The molecule has 1 N–H and O–H groups in total. The summed E-state index contributed by atoms with van der Waals surface area (Å²) >= 11 is 0. The van der Waals surface area contributed by atoms with E-state index in [1.807, 2.05) is 24.3 Å². The summed E-state index contributed by atoms with van der Waals surface area (Å²) in [5.74, 6) is 1.90. The molecule has 1 aliphatic rings. The van der Waals surface area contributed by atoms with Gasteiger partial charge in [-0.15, -0.1) is 0 Å². The SMILES string of the molecule is COc1ccccc1-c1nc2c(c(=O)[nH]1)CCC(C)C2. The highest BCUT2D eigenvalue weighted by Crippen LogP contribution is 2.28. The number of fused-ring (bicyclic) bond motifs is 1. The molecule has 0 aliphatic heterocycles. The third-order valence-corrected chi connectivity index (χ3v) is 3.89. The summed E-state index contributed by atoms with van der Waals surface area (Å²) in [4.78, 5) is 19.8. The molecule has 0 fully saturated rings. The van der Waals surface area contributed by atoms with Crippen molar-refractivity contribution in [2.24, 2.45) is 5.92 Å². The zero-order valence-electron chi connectivity index (χ0n) is 11.8. The van der Waals surface area contributed by atoms with Crippen molar-refractivity contribution in [2.75, 3.05) is 7.11 Å². The van der Waals surface area contributed by atoms with Gasteiger partial charge in [-0.3, -0.25) is 4.79 Å². The van der Waals surface area contributed by atoms with Gasteiger partial charge in [0.25, 0.3) is 5.56 Å². The summed E-state index contributed by atoms with van der Waals surface area (Å²) in [6, 6.07) is 7.61. The van der Waals surface area contributed by atoms with Gasteiger partial charge in [0.1, 0.15) is 11.6 Å². The summed E-state index contributed by atoms with van der Waals surface area (Å²) in [6.07, 6.45) is 2.76. The topological polar surface area (TPSA) is 55.0 Å². The number of H-pyrrole nitrogens is 1. The number of rotatable bonds is 2. The first-order valence-corrected chi connectivity index (χ1v) is 6.94. The van der Waals surface area contributed by atoms with Gasteiger partial charge in [-0.2, -0.15) is 0 Å². The number of hydrogen-bond acceptors (Lipinski definition) is 3. The fourth-order valence-electron chi connectivity index (χ4n) is 2.76. The smallest absolute Gasteiger partial charge is 0.254 e. The molecular formula is C16H18N2O2. The van der Waals surface area contributed by atoms with E-state index in [0.717, 1.165) is 41.8 Å². The van der Waals surface area contributed by atoms with Crippen molar-refractivity contribution >= 4 is 0 Å². The number of methoxy groups -OCH3 is 1. The molecule has 4 heteroatoms. The monoisotopic (exact) mass is 270 g/mol. The third kappa shape index (κ3) is 2.22. The number of nitrogens with one attached hydrogen (secondary N) is 1. The number of hydrogen-bond donors (Lipinski definition) is 1. The minimum Gasteiger partial charge on any atom is -0.496 e. The predicted octanol–water partition coefficient (Wildman–Crippen LogP) is 2.57. The summed E-state index contributed by atoms with van der Waals surface area (Å²) in [7, 11) is 1.62. The van der Waals surface area contributed by atoms with E-state index in [2.05, 4.69) is 16.9 Å². The van der Waals surface area contributed by atoms with Gasteiger partial charge in [-0.05, 0) is 37.3 Å². The van der Waals surface area contributed by atoms with Crippen LogP contribution in [0.4, 0.5) is 0 Å². The maximum Gasteiger partial charge on any atom is 0.254 e. The van der Waals surface area contributed by atoms with Crippen LogP contribution in [0.2, 0.25) is 0 Å². The van der Waals surface area contributed by atoms with Gasteiger partial charge in [0.2, 0.25) is 0 Å². The summed E-state index contributed by atoms with van der Waals surface area (Å²) in [5, 5.41) is 0. The number of para-hydroxylation sites is 1. The Morgan fingerprint density at radius 2 is 2.15 bits per heavy atom. The van der Waals surface area contributed by atoms with Gasteiger partial charge in [0.15, 0.2) is 0 Å². The minimum absolute atomic E-state index is 0.0113. The van der Waals surface area contributed by atoms with Gasteiger partial charge in [-0.1, -0.05) is 19.1 Å². The van der Waals surface area contributed by atoms with E-state index in [1.165, 1.54) is 0 Å². The Hall–Kier alpha value is -2.10. The van der Waals surface area contributed by atoms with Crippen molar-refractivity contribution < 1.29 is 4.74 Å². The van der Waals surface area contributed by atoms with Crippen molar-refractivity contribution in [3.8, 4) is 17.1 Å². The van der Waals surface area contributed by atoms with Gasteiger partial charge < -0.3 is 9.72 Å². The summed E-state index contributed by atoms with van der Waals surface area (Å²) in [5.41, 5.74) is 2.60. The average Bonchev–Trinajstić information content (AvgIpc) is 2.46. The third-order valence-electron chi connectivity index (χ3n) is 3.89. The molecule has 0 amide bonds. The largest absolute Gasteiger partial charge is 0.496 e. The second-order valence-corrected chi connectivity index (χ2v) is 5.39. The molecule has 1 aliphatic carbocycles. The highest BCUT2D eigenvalue weighted by Gasteiger charge is 2.21. The number of ether oxygens (including phenoxy) is 1. The first-order valence-electron chi connectivity index (χ1n) is 6.94. The molecule has 4 nitrogen and oxygen atoms in total. The van der Waals surface area contributed by atoms with Crippen LogP contribution >= 0.6 is 0 Å². The average molecular weight is 270 g/mol. The Balaban J connectivity index is 2.14. The maximum absolute atomic E-state index is 12.2. The quantitative estimate of drug-likeness (QED) is 0.912. The number of nitrogens with zero attached hydrogens (tertiary/aromatic N) is 1. The molecule has 1 heterocycles. The summed E-state index contributed by atoms with van der Waals surface area (Å²) < 4.78 is 5.34. The normalized spacial score (nSPS) is 17.6. The molecule has 0 saturated heterocycles. The molecule has 1 aromatic heterocycles. The van der Waals surface area contributed by atoms with Crippen LogP contribution in [0.5, 0.6) is 5.75 Å². The lowest BCUT2D eigenvalue weighted by atomic mass is 9.89. The number of benzene rings is 1. The Morgan fingerprint density at radius 1 is 1.35 bits per heavy atom. The molecular weight excluding hydrogens is 252 g/mol. The molecule has 3 rings (SSSR count). The lowest BCUT2D eigenvalue weighted by Gasteiger charge is -2.20. The predicted molar refractivity (Wildman–Crippen MR) is 78.0 cm³/mol. The highest BCUT2D eigenvalue weighted by molar-refractivity contribution is 5.64. The lowest BCUT2D eigenvalue weighted by molar-refractivity contribution is 0.416. The molecule has 0 spiro atoms. The van der Waals surface area contributed by atoms with Gasteiger partial charge in [-0.25, -0.2) is 4.98 Å². The van der Waals surface area contributed by atoms with Crippen LogP contribution in [0.3, 0.4) is 0 Å². The number of aromatic amines is 1. The first kappa shape index (κ1) is 12.9. The Kier molecular flexibility index (Phi) is 3.30. The van der Waals surface area contributed by atoms with Crippen molar-refractivity contribution in [3.05, 3.63) is 45.9 Å². The Bertz CT molecular complexity index is 691. The van der Waals surface area contributed by atoms with Crippen LogP contribution in [0.25, 0.3) is 11.4 Å². The van der Waals surface area contributed by atoms with Crippen LogP contribution in [-0.2, 0) is 12.8 Å². The van der Waals surface area contributed by atoms with E-state index in [9.17, 15) is 4.79 Å². The van der Waals surface area contributed by atoms with Crippen molar-refractivity contribution in [1.82, 2.24) is 9.97 Å². The van der Waals surface area contributed by atoms with Gasteiger partial charge in [0, 0.05) is 5.56 Å². The van der Waals surface area contributed by atoms with Crippen molar-refractivity contribution in [1.29, 1.82) is 0 Å². The second-order valence-electron chi connectivity index (χ2n) is 5.39. The van der Waals surface area contributed by atoms with Crippen molar-refractivity contribution in [3.63, 3.8) is 0 Å². The Labute approximate surface area is 117 Å². The second kappa shape index (κ2) is 5.12. The lowest BCUT2D eigenvalue weighted by Crippen LogP contribution is -2.24. The van der Waals surface area contributed by atoms with Gasteiger partial charge in [0.05, 0.1) is 18.4 Å². The van der Waals surface area contributed by atoms with Crippen LogP contribution in [0, 0.1) is 5.92 Å². The van der Waals surface area contributed by atoms with Crippen LogP contribution in [-0.4, -0.2) is 17.1 Å². The zero-order chi connectivity index (χ0) is 14.1. The van der Waals surface area contributed by atoms with Crippen LogP contribution < -0.4 is 10.3 Å². The van der Waals surface area contributed by atoms with Crippen LogP contribution in [0.15, 0.2) is 29.1 Å². The molecule has 0 bridgehead atoms. The van der Waals surface area contributed by atoms with E-state index in [-0.39, 0.29) is 5.56 Å². The molecule has 0 saturated carbocycles. The molecule has 1 unspecified atom stereocenters. The van der Waals surface area contributed by atoms with Crippen LogP contribution in [0.1, 0.15) is 24.6 Å². The van der Waals surface area contributed by atoms with E-state index in [0.29, 0.717) is 11.7 Å². The first-order chi connectivity index (χ1) is 9.69.